The minimum Gasteiger partial charge on any atom is -1.00 e. The number of para-hydroxylation sites is 1. The van der Waals surface area contributed by atoms with Crippen LogP contribution in [0.2, 0.25) is 0 Å². The van der Waals surface area contributed by atoms with E-state index in [-0.39, 0.29) is 26.0 Å². The van der Waals surface area contributed by atoms with Gasteiger partial charge in [0, 0.05) is 0 Å². The van der Waals surface area contributed by atoms with Crippen LogP contribution in [0.1, 0.15) is 6.99 Å². The number of rotatable bonds is 2. The standard InChI is InChI=1S/C7H8O4S.Li.H/c1-6-4-2-3-5-7(6)11-12(8,9)10;;/h2-5H,1H3,(H,8,9,10);;/q;+1;-1. The summed E-state index contributed by atoms with van der Waals surface area (Å²) in [7, 11) is -4.40. The Hall–Kier alpha value is -0.473. The molecule has 0 saturated heterocycles. The average Bonchev–Trinajstić information content (AvgIpc) is 1.91. The Morgan fingerprint density at radius 1 is 1.38 bits per heavy atom. The minimum absolute atomic E-state index is 0. The van der Waals surface area contributed by atoms with Gasteiger partial charge in [-0.3, -0.25) is 4.55 Å². The minimum atomic E-state index is -4.40. The molecule has 0 saturated carbocycles. The van der Waals surface area contributed by atoms with Crippen LogP contribution in [0.3, 0.4) is 0 Å². The number of hydrogen-bond donors (Lipinski definition) is 1. The zero-order valence-corrected chi connectivity index (χ0v) is 8.21. The maximum absolute atomic E-state index is 10.3. The summed E-state index contributed by atoms with van der Waals surface area (Å²) in [6.07, 6.45) is 0. The predicted molar refractivity (Wildman–Crippen MR) is 44.5 cm³/mol. The Balaban J connectivity index is 0. The molecule has 1 aromatic rings. The van der Waals surface area contributed by atoms with Crippen molar-refractivity contribution < 1.29 is 37.4 Å². The predicted octanol–water partition coefficient (Wildman–Crippen LogP) is -1.71. The summed E-state index contributed by atoms with van der Waals surface area (Å²) in [4.78, 5) is 0. The van der Waals surface area contributed by atoms with Crippen LogP contribution in [-0.4, -0.2) is 13.0 Å². The van der Waals surface area contributed by atoms with Gasteiger partial charge in [-0.05, 0) is 18.6 Å². The van der Waals surface area contributed by atoms with Gasteiger partial charge in [-0.2, -0.15) is 8.42 Å². The van der Waals surface area contributed by atoms with Crippen LogP contribution in [-0.2, 0) is 10.4 Å². The topological polar surface area (TPSA) is 63.6 Å². The van der Waals surface area contributed by atoms with Crippen molar-refractivity contribution in [2.45, 2.75) is 6.92 Å². The summed E-state index contributed by atoms with van der Waals surface area (Å²) < 4.78 is 33.2. The molecule has 0 atom stereocenters. The van der Waals surface area contributed by atoms with Gasteiger partial charge in [-0.25, -0.2) is 0 Å². The SMILES string of the molecule is Cc1ccccc1OS(=O)(=O)O.[H-].[Li+]. The second kappa shape index (κ2) is 4.68. The largest absolute Gasteiger partial charge is 1.00 e. The first kappa shape index (κ1) is 12.5. The third-order valence-corrected chi connectivity index (χ3v) is 1.68. The van der Waals surface area contributed by atoms with E-state index in [1.807, 2.05) is 0 Å². The molecule has 0 aliphatic heterocycles. The van der Waals surface area contributed by atoms with Gasteiger partial charge < -0.3 is 5.61 Å². The van der Waals surface area contributed by atoms with Crippen LogP contribution < -0.4 is 23.0 Å². The van der Waals surface area contributed by atoms with E-state index in [4.69, 9.17) is 4.55 Å². The van der Waals surface area contributed by atoms with E-state index in [0.29, 0.717) is 5.56 Å². The van der Waals surface area contributed by atoms with Gasteiger partial charge in [0.15, 0.2) is 0 Å². The third-order valence-electron chi connectivity index (χ3n) is 1.29. The summed E-state index contributed by atoms with van der Waals surface area (Å²) in [5, 5.41) is 0. The van der Waals surface area contributed by atoms with Gasteiger partial charge >= 0.3 is 29.3 Å². The van der Waals surface area contributed by atoms with Crippen molar-refractivity contribution in [1.82, 2.24) is 0 Å². The van der Waals surface area contributed by atoms with Crippen molar-refractivity contribution in [1.29, 1.82) is 0 Å². The van der Waals surface area contributed by atoms with E-state index < -0.39 is 10.4 Å². The molecule has 0 bridgehead atoms. The maximum Gasteiger partial charge on any atom is 1.00 e. The summed E-state index contributed by atoms with van der Waals surface area (Å²) in [6, 6.07) is 6.50. The molecule has 0 spiro atoms. The Bertz CT molecular complexity index is 379. The van der Waals surface area contributed by atoms with Crippen LogP contribution in [0.4, 0.5) is 0 Å². The van der Waals surface area contributed by atoms with Gasteiger partial charge in [0.1, 0.15) is 5.75 Å². The zero-order valence-electron chi connectivity index (χ0n) is 8.39. The summed E-state index contributed by atoms with van der Waals surface area (Å²) >= 11 is 0. The third kappa shape index (κ3) is 4.34. The number of hydrogen-bond acceptors (Lipinski definition) is 3. The molecule has 1 N–H and O–H groups in total. The summed E-state index contributed by atoms with van der Waals surface area (Å²) in [6.45, 7) is 1.68. The van der Waals surface area contributed by atoms with E-state index in [0.717, 1.165) is 0 Å². The van der Waals surface area contributed by atoms with E-state index in [2.05, 4.69) is 4.18 Å². The number of aryl methyl sites for hydroxylation is 1. The summed E-state index contributed by atoms with van der Waals surface area (Å²) in [5.74, 6) is 0.139. The Morgan fingerprint density at radius 2 is 1.92 bits per heavy atom. The molecular formula is C7H9LiO4S. The van der Waals surface area contributed by atoms with Crippen molar-refractivity contribution in [3.05, 3.63) is 29.8 Å². The van der Waals surface area contributed by atoms with Gasteiger partial charge in [0.2, 0.25) is 0 Å². The monoisotopic (exact) mass is 196 g/mol. The average molecular weight is 196 g/mol. The van der Waals surface area contributed by atoms with Crippen molar-refractivity contribution in [2.75, 3.05) is 0 Å². The molecule has 0 amide bonds. The molecule has 0 fully saturated rings. The molecule has 1 rings (SSSR count). The van der Waals surface area contributed by atoms with Crippen LogP contribution in [0.15, 0.2) is 24.3 Å². The molecule has 0 heterocycles. The van der Waals surface area contributed by atoms with E-state index in [9.17, 15) is 8.42 Å². The molecular weight excluding hydrogens is 187 g/mol. The van der Waals surface area contributed by atoms with Crippen molar-refractivity contribution in [3.63, 3.8) is 0 Å². The normalized spacial score (nSPS) is 10.3. The van der Waals surface area contributed by atoms with Crippen LogP contribution in [0.25, 0.3) is 0 Å². The maximum atomic E-state index is 10.3. The molecule has 0 radical (unpaired) electrons. The first-order valence-corrected chi connectivity index (χ1v) is 4.58. The first-order chi connectivity index (χ1) is 5.49. The molecule has 0 aliphatic carbocycles. The van der Waals surface area contributed by atoms with Crippen molar-refractivity contribution in [3.8, 4) is 5.75 Å². The fraction of sp³-hybridized carbons (Fsp3) is 0.143. The van der Waals surface area contributed by atoms with Gasteiger partial charge in [0.05, 0.1) is 0 Å². The Labute approximate surface area is 90.5 Å². The van der Waals surface area contributed by atoms with Crippen LogP contribution in [0, 0.1) is 6.92 Å². The molecule has 68 valence electrons. The molecule has 0 unspecified atom stereocenters. The fourth-order valence-electron chi connectivity index (χ4n) is 0.763. The Morgan fingerprint density at radius 3 is 2.38 bits per heavy atom. The van der Waals surface area contributed by atoms with E-state index >= 15 is 0 Å². The molecule has 4 nitrogen and oxygen atoms in total. The summed E-state index contributed by atoms with van der Waals surface area (Å²) in [5.41, 5.74) is 0.648. The van der Waals surface area contributed by atoms with Crippen LogP contribution >= 0.6 is 0 Å². The molecule has 6 heteroatoms. The first-order valence-electron chi connectivity index (χ1n) is 3.21. The van der Waals surface area contributed by atoms with Crippen LogP contribution in [0.5, 0.6) is 5.75 Å². The molecule has 13 heavy (non-hydrogen) atoms. The molecule has 1 aromatic carbocycles. The van der Waals surface area contributed by atoms with Gasteiger partial charge in [-0.15, -0.1) is 0 Å². The van der Waals surface area contributed by atoms with E-state index in [1.54, 1.807) is 25.1 Å². The Kier molecular flexibility index (Phi) is 4.51. The van der Waals surface area contributed by atoms with Gasteiger partial charge in [0.25, 0.3) is 0 Å². The second-order valence-electron chi connectivity index (χ2n) is 2.28. The molecule has 0 aromatic heterocycles. The number of benzene rings is 1. The second-order valence-corrected chi connectivity index (χ2v) is 3.30. The van der Waals surface area contributed by atoms with Crippen molar-refractivity contribution in [2.24, 2.45) is 0 Å². The van der Waals surface area contributed by atoms with E-state index in [1.165, 1.54) is 6.07 Å². The van der Waals surface area contributed by atoms with Gasteiger partial charge in [-0.1, -0.05) is 18.2 Å². The zero-order chi connectivity index (χ0) is 9.19. The van der Waals surface area contributed by atoms with Crippen molar-refractivity contribution >= 4 is 10.4 Å². The molecule has 0 aliphatic rings. The quantitative estimate of drug-likeness (QED) is 0.452. The fourth-order valence-corrected chi connectivity index (χ4v) is 1.18. The smallest absolute Gasteiger partial charge is 1.00 e.